The molecule has 0 spiro atoms. The number of nitrogens with one attached hydrogen (secondary N) is 2. The molecule has 156 valence electrons. The van der Waals surface area contributed by atoms with Crippen LogP contribution in [-0.4, -0.2) is 25.0 Å². The van der Waals surface area contributed by atoms with Gasteiger partial charge in [-0.3, -0.25) is 9.59 Å². The van der Waals surface area contributed by atoms with E-state index in [1.54, 1.807) is 32.9 Å². The van der Waals surface area contributed by atoms with E-state index in [2.05, 4.69) is 15.4 Å². The lowest BCUT2D eigenvalue weighted by Crippen LogP contribution is -2.38. The molecule has 29 heavy (non-hydrogen) atoms. The Morgan fingerprint density at radius 1 is 0.966 bits per heavy atom. The van der Waals surface area contributed by atoms with E-state index in [-0.39, 0.29) is 30.5 Å². The lowest BCUT2D eigenvalue weighted by Gasteiger charge is -2.21. The van der Waals surface area contributed by atoms with Crippen LogP contribution >= 0.6 is 0 Å². The van der Waals surface area contributed by atoms with Gasteiger partial charge in [0, 0.05) is 18.4 Å². The van der Waals surface area contributed by atoms with Crippen molar-refractivity contribution in [3.05, 3.63) is 65.7 Å². The highest BCUT2D eigenvalue weighted by Gasteiger charge is 2.21. The number of carbonyl (C=O) groups excluding carboxylic acids is 2. The third kappa shape index (κ3) is 7.18. The van der Waals surface area contributed by atoms with Crippen molar-refractivity contribution in [2.45, 2.75) is 39.8 Å². The molecule has 7 heteroatoms. The van der Waals surface area contributed by atoms with E-state index in [4.69, 9.17) is 0 Å². The van der Waals surface area contributed by atoms with Crippen LogP contribution in [0.15, 0.2) is 54.6 Å². The van der Waals surface area contributed by atoms with Crippen molar-refractivity contribution < 1.29 is 23.1 Å². The monoisotopic (exact) mass is 404 g/mol. The minimum absolute atomic E-state index is 0.0479. The van der Waals surface area contributed by atoms with E-state index in [9.17, 15) is 18.4 Å². The largest absolute Gasteiger partial charge is 0.435 e. The molecule has 0 aliphatic heterocycles. The number of amides is 2. The predicted octanol–water partition coefficient (Wildman–Crippen LogP) is 4.05. The quantitative estimate of drug-likeness (QED) is 0.698. The Kier molecular flexibility index (Phi) is 7.70. The van der Waals surface area contributed by atoms with Crippen molar-refractivity contribution in [2.24, 2.45) is 5.41 Å². The van der Waals surface area contributed by atoms with E-state index in [0.29, 0.717) is 0 Å². The molecule has 0 saturated heterocycles. The zero-order chi connectivity index (χ0) is 21.4. The van der Waals surface area contributed by atoms with Crippen molar-refractivity contribution in [3.8, 4) is 5.75 Å². The maximum absolute atomic E-state index is 12.5. The molecule has 0 aromatic heterocycles. The maximum Gasteiger partial charge on any atom is 0.387 e. The Morgan fingerprint density at radius 3 is 2.10 bits per heavy atom. The Morgan fingerprint density at radius 2 is 1.55 bits per heavy atom. The average molecular weight is 404 g/mol. The molecule has 2 N–H and O–H groups in total. The summed E-state index contributed by atoms with van der Waals surface area (Å²) in [4.78, 5) is 24.4. The fraction of sp³-hybridized carbons (Fsp3) is 0.364. The number of rotatable bonds is 8. The van der Waals surface area contributed by atoms with Crippen LogP contribution in [0.4, 0.5) is 8.78 Å². The smallest absolute Gasteiger partial charge is 0.387 e. The van der Waals surface area contributed by atoms with E-state index in [0.717, 1.165) is 11.1 Å². The summed E-state index contributed by atoms with van der Waals surface area (Å²) in [7, 11) is 0. The van der Waals surface area contributed by atoms with Crippen LogP contribution in [0.5, 0.6) is 5.75 Å². The van der Waals surface area contributed by atoms with Crippen LogP contribution in [0.1, 0.15) is 44.4 Å². The van der Waals surface area contributed by atoms with E-state index >= 15 is 0 Å². The summed E-state index contributed by atoms with van der Waals surface area (Å²) in [6, 6.07) is 15.0. The van der Waals surface area contributed by atoms with Gasteiger partial charge in [-0.15, -0.1) is 0 Å². The van der Waals surface area contributed by atoms with Crippen LogP contribution in [0.2, 0.25) is 0 Å². The van der Waals surface area contributed by atoms with Crippen molar-refractivity contribution in [1.82, 2.24) is 10.6 Å². The first kappa shape index (κ1) is 22.3. The average Bonchev–Trinajstić information content (AvgIpc) is 2.66. The lowest BCUT2D eigenvalue weighted by molar-refractivity contribution is -0.128. The lowest BCUT2D eigenvalue weighted by atomic mass is 9.96. The molecule has 0 bridgehead atoms. The van der Waals surface area contributed by atoms with Gasteiger partial charge in [-0.1, -0.05) is 63.2 Å². The zero-order valence-electron chi connectivity index (χ0n) is 16.7. The van der Waals surface area contributed by atoms with Gasteiger partial charge in [-0.05, 0) is 23.3 Å². The SMILES string of the molecule is CC(C)(C)C(=O)NCCC(=O)NC(c1ccccc1)c1ccc(OC(F)F)cc1. The molecule has 0 aliphatic carbocycles. The van der Waals surface area contributed by atoms with E-state index in [1.807, 2.05) is 30.3 Å². The molecule has 0 saturated carbocycles. The standard InChI is InChI=1S/C22H26F2N2O3/c1-22(2,3)20(28)25-14-13-18(27)26-19(15-7-5-4-6-8-15)16-9-11-17(12-10-16)29-21(23)24/h4-12,19,21H,13-14H2,1-3H3,(H,25,28)(H,26,27). The molecule has 5 nitrogen and oxygen atoms in total. The van der Waals surface area contributed by atoms with Crippen LogP contribution < -0.4 is 15.4 Å². The second-order valence-corrected chi connectivity index (χ2v) is 7.61. The van der Waals surface area contributed by atoms with Crippen molar-refractivity contribution in [3.63, 3.8) is 0 Å². The molecular formula is C22H26F2N2O3. The van der Waals surface area contributed by atoms with Crippen molar-refractivity contribution >= 4 is 11.8 Å². The molecule has 2 amide bonds. The van der Waals surface area contributed by atoms with Crippen LogP contribution in [0.3, 0.4) is 0 Å². The van der Waals surface area contributed by atoms with Crippen LogP contribution in [0, 0.1) is 5.41 Å². The summed E-state index contributed by atoms with van der Waals surface area (Å²) in [5.74, 6) is -0.313. The van der Waals surface area contributed by atoms with Gasteiger partial charge >= 0.3 is 6.61 Å². The van der Waals surface area contributed by atoms with Gasteiger partial charge in [0.05, 0.1) is 6.04 Å². The first-order chi connectivity index (χ1) is 13.7. The number of alkyl halides is 2. The molecule has 0 radical (unpaired) electrons. The maximum atomic E-state index is 12.5. The second-order valence-electron chi connectivity index (χ2n) is 7.61. The fourth-order valence-electron chi connectivity index (χ4n) is 2.63. The van der Waals surface area contributed by atoms with Gasteiger partial charge in [-0.25, -0.2) is 0 Å². The van der Waals surface area contributed by atoms with Crippen LogP contribution in [-0.2, 0) is 9.59 Å². The zero-order valence-corrected chi connectivity index (χ0v) is 16.7. The summed E-state index contributed by atoms with van der Waals surface area (Å²) in [5, 5.41) is 5.69. The Hall–Kier alpha value is -2.96. The number of ether oxygens (including phenoxy) is 1. The van der Waals surface area contributed by atoms with Gasteiger partial charge in [0.1, 0.15) is 5.75 Å². The molecule has 0 aliphatic rings. The van der Waals surface area contributed by atoms with Gasteiger partial charge in [0.25, 0.3) is 0 Å². The highest BCUT2D eigenvalue weighted by atomic mass is 19.3. The molecule has 2 rings (SSSR count). The summed E-state index contributed by atoms with van der Waals surface area (Å²) < 4.78 is 29.1. The van der Waals surface area contributed by atoms with Crippen molar-refractivity contribution in [2.75, 3.05) is 6.54 Å². The fourth-order valence-corrected chi connectivity index (χ4v) is 2.63. The molecule has 0 heterocycles. The summed E-state index contributed by atoms with van der Waals surface area (Å²) >= 11 is 0. The molecule has 1 atom stereocenters. The third-order valence-corrected chi connectivity index (χ3v) is 4.20. The minimum Gasteiger partial charge on any atom is -0.435 e. The second kappa shape index (κ2) is 10.0. The van der Waals surface area contributed by atoms with Gasteiger partial charge in [-0.2, -0.15) is 8.78 Å². The Balaban J connectivity index is 2.07. The molecule has 2 aromatic carbocycles. The minimum atomic E-state index is -2.89. The third-order valence-electron chi connectivity index (χ3n) is 4.20. The van der Waals surface area contributed by atoms with E-state index in [1.165, 1.54) is 12.1 Å². The molecule has 1 unspecified atom stereocenters. The van der Waals surface area contributed by atoms with Gasteiger partial charge < -0.3 is 15.4 Å². The normalized spacial score (nSPS) is 12.3. The number of halogens is 2. The number of hydrogen-bond acceptors (Lipinski definition) is 3. The topological polar surface area (TPSA) is 67.4 Å². The highest BCUT2D eigenvalue weighted by Crippen LogP contribution is 2.25. The summed E-state index contributed by atoms with van der Waals surface area (Å²) in [6.07, 6.45) is 0.123. The number of hydrogen-bond donors (Lipinski definition) is 2. The molecule has 2 aromatic rings. The summed E-state index contributed by atoms with van der Waals surface area (Å²) in [6.45, 7) is 2.73. The van der Waals surface area contributed by atoms with E-state index < -0.39 is 18.1 Å². The molecule has 0 fully saturated rings. The predicted molar refractivity (Wildman–Crippen MR) is 107 cm³/mol. The molecular weight excluding hydrogens is 378 g/mol. The summed E-state index contributed by atoms with van der Waals surface area (Å²) in [5.41, 5.74) is 1.05. The van der Waals surface area contributed by atoms with Gasteiger partial charge in [0.2, 0.25) is 11.8 Å². The first-order valence-electron chi connectivity index (χ1n) is 9.34. The number of carbonyl (C=O) groups is 2. The Bertz CT molecular complexity index is 803. The van der Waals surface area contributed by atoms with Crippen molar-refractivity contribution in [1.29, 1.82) is 0 Å². The number of benzene rings is 2. The first-order valence-corrected chi connectivity index (χ1v) is 9.34. The van der Waals surface area contributed by atoms with Gasteiger partial charge in [0.15, 0.2) is 0 Å². The Labute approximate surface area is 169 Å². The highest BCUT2D eigenvalue weighted by molar-refractivity contribution is 5.82. The van der Waals surface area contributed by atoms with Crippen LogP contribution in [0.25, 0.3) is 0 Å².